The first-order valence-electron chi connectivity index (χ1n) is 22.6. The number of aliphatic hydroxyl groups excluding tert-OH is 1. The molecule has 6 aromatic rings. The van der Waals surface area contributed by atoms with Crippen LogP contribution in [-0.4, -0.2) is 86.8 Å². The van der Waals surface area contributed by atoms with Crippen LogP contribution in [0.4, 0.5) is 0 Å². The molecule has 10 atom stereocenters. The van der Waals surface area contributed by atoms with E-state index in [1.54, 1.807) is 7.11 Å². The summed E-state index contributed by atoms with van der Waals surface area (Å²) in [5.74, 6) is 0. The maximum absolute atomic E-state index is 12.6. The summed E-state index contributed by atoms with van der Waals surface area (Å²) in [6, 6.07) is 59.3. The monoisotopic (exact) mass is 896 g/mol. The lowest BCUT2D eigenvalue weighted by atomic mass is 9.96. The Hall–Kier alpha value is -5.12. The van der Waals surface area contributed by atoms with Gasteiger partial charge in [-0.05, 0) is 33.4 Å². The van der Waals surface area contributed by atoms with Gasteiger partial charge in [0.2, 0.25) is 0 Å². The third-order valence-corrected chi connectivity index (χ3v) is 11.7. The van der Waals surface area contributed by atoms with Crippen molar-refractivity contribution >= 4 is 0 Å². The Morgan fingerprint density at radius 3 is 1.08 bits per heavy atom. The average molecular weight is 897 g/mol. The van der Waals surface area contributed by atoms with Crippen LogP contribution in [0.2, 0.25) is 0 Å². The molecule has 0 bridgehead atoms. The average Bonchev–Trinajstić information content (AvgIpc) is 3.37. The molecule has 2 aliphatic rings. The third-order valence-electron chi connectivity index (χ3n) is 11.7. The van der Waals surface area contributed by atoms with E-state index in [2.05, 4.69) is 0 Å². The number of hydrogen-bond acceptors (Lipinski definition) is 11. The maximum atomic E-state index is 12.6. The number of aliphatic hydroxyl groups is 1. The minimum absolute atomic E-state index is 0.0873. The van der Waals surface area contributed by atoms with Gasteiger partial charge in [-0.1, -0.05) is 182 Å². The van der Waals surface area contributed by atoms with Crippen molar-refractivity contribution < 1.29 is 52.5 Å². The summed E-state index contributed by atoms with van der Waals surface area (Å²) in [5, 5.41) is 12.6. The van der Waals surface area contributed by atoms with Crippen molar-refractivity contribution in [1.82, 2.24) is 0 Å². The Morgan fingerprint density at radius 2 is 0.682 bits per heavy atom. The van der Waals surface area contributed by atoms with Gasteiger partial charge in [0.25, 0.3) is 0 Å². The van der Waals surface area contributed by atoms with Gasteiger partial charge in [0.05, 0.1) is 52.9 Å². The number of hydrogen-bond donors (Lipinski definition) is 1. The molecule has 1 N–H and O–H groups in total. The summed E-state index contributed by atoms with van der Waals surface area (Å²) >= 11 is 0. The first kappa shape index (κ1) is 47.4. The zero-order chi connectivity index (χ0) is 45.2. The second-order valence-electron chi connectivity index (χ2n) is 16.5. The predicted molar refractivity (Wildman–Crippen MR) is 247 cm³/mol. The molecule has 0 saturated carbocycles. The Kier molecular flexibility index (Phi) is 18.0. The molecule has 0 spiro atoms. The standard InChI is InChI=1S/C55H60O11/c1-57-54-53(63-37-45-30-18-7-19-31-45)52(62-36-44-28-16-6-17-29-44)50(47(64-54)39-59-33-41-22-10-3-11-23-41)66-55-51(61-35-43-26-14-5-15-27-43)48(56)49(60-34-42-24-12-4-13-25-42)46(65-55)38-58-32-40-20-8-2-9-21-40/h2-31,46-56H,32-39H2,1H3/t46-,47-,48+,49+,50-,51-,52+,53-,54-,55+/m1/s1. The Balaban J connectivity index is 1.13. The molecule has 0 unspecified atom stereocenters. The van der Waals surface area contributed by atoms with Gasteiger partial charge in [0.15, 0.2) is 12.6 Å². The van der Waals surface area contributed by atoms with E-state index in [0.717, 1.165) is 33.4 Å². The second kappa shape index (κ2) is 25.1. The lowest BCUT2D eigenvalue weighted by molar-refractivity contribution is -0.373. The molecular weight excluding hydrogens is 837 g/mol. The highest BCUT2D eigenvalue weighted by atomic mass is 16.8. The number of methoxy groups -OCH3 is 1. The van der Waals surface area contributed by atoms with Crippen molar-refractivity contribution in [1.29, 1.82) is 0 Å². The van der Waals surface area contributed by atoms with Gasteiger partial charge in [-0.25, -0.2) is 0 Å². The lowest BCUT2D eigenvalue weighted by Crippen LogP contribution is -2.66. The molecule has 2 saturated heterocycles. The van der Waals surface area contributed by atoms with Gasteiger partial charge < -0.3 is 52.5 Å². The Morgan fingerprint density at radius 1 is 0.364 bits per heavy atom. The smallest absolute Gasteiger partial charge is 0.187 e. The van der Waals surface area contributed by atoms with Crippen LogP contribution in [0, 0.1) is 0 Å². The van der Waals surface area contributed by atoms with E-state index in [4.69, 9.17) is 47.4 Å². The summed E-state index contributed by atoms with van der Waals surface area (Å²) < 4.78 is 66.6. The van der Waals surface area contributed by atoms with Crippen molar-refractivity contribution in [2.45, 2.75) is 101 Å². The van der Waals surface area contributed by atoms with E-state index in [0.29, 0.717) is 13.2 Å². The molecule has 0 radical (unpaired) electrons. The van der Waals surface area contributed by atoms with E-state index in [-0.39, 0.29) is 39.6 Å². The molecule has 2 heterocycles. The predicted octanol–water partition coefficient (Wildman–Crippen LogP) is 8.60. The lowest BCUT2D eigenvalue weighted by Gasteiger charge is -2.49. The van der Waals surface area contributed by atoms with Crippen molar-refractivity contribution in [3.63, 3.8) is 0 Å². The largest absolute Gasteiger partial charge is 0.387 e. The highest BCUT2D eigenvalue weighted by Gasteiger charge is 2.54. The van der Waals surface area contributed by atoms with Crippen LogP contribution in [0.3, 0.4) is 0 Å². The molecule has 0 aliphatic carbocycles. The topological polar surface area (TPSA) is 113 Å². The zero-order valence-electron chi connectivity index (χ0n) is 37.3. The number of ether oxygens (including phenoxy) is 10. The zero-order valence-corrected chi connectivity index (χ0v) is 37.3. The maximum Gasteiger partial charge on any atom is 0.187 e. The number of benzene rings is 6. The van der Waals surface area contributed by atoms with Crippen LogP contribution < -0.4 is 0 Å². The van der Waals surface area contributed by atoms with Gasteiger partial charge in [-0.15, -0.1) is 0 Å². The van der Waals surface area contributed by atoms with E-state index in [1.165, 1.54) is 0 Å². The van der Waals surface area contributed by atoms with Gasteiger partial charge in [0.1, 0.15) is 48.8 Å². The van der Waals surface area contributed by atoms with E-state index in [9.17, 15) is 5.11 Å². The molecule has 11 heteroatoms. The normalized spacial score (nSPS) is 25.4. The van der Waals surface area contributed by atoms with E-state index in [1.807, 2.05) is 182 Å². The van der Waals surface area contributed by atoms with Gasteiger partial charge >= 0.3 is 0 Å². The summed E-state index contributed by atoms with van der Waals surface area (Å²) in [4.78, 5) is 0. The van der Waals surface area contributed by atoms with Gasteiger partial charge in [-0.3, -0.25) is 0 Å². The molecular formula is C55H60O11. The fraction of sp³-hybridized carbons (Fsp3) is 0.345. The number of rotatable bonds is 23. The molecule has 8 rings (SSSR count). The molecule has 346 valence electrons. The molecule has 2 aliphatic heterocycles. The van der Waals surface area contributed by atoms with Crippen molar-refractivity contribution in [3.8, 4) is 0 Å². The summed E-state index contributed by atoms with van der Waals surface area (Å²) in [6.45, 7) is 1.73. The molecule has 6 aromatic carbocycles. The van der Waals surface area contributed by atoms with Crippen molar-refractivity contribution in [3.05, 3.63) is 215 Å². The minimum Gasteiger partial charge on any atom is -0.387 e. The summed E-state index contributed by atoms with van der Waals surface area (Å²) in [5.41, 5.74) is 5.78. The molecule has 2 fully saturated rings. The highest BCUT2D eigenvalue weighted by Crippen LogP contribution is 2.36. The third kappa shape index (κ3) is 13.5. The minimum atomic E-state index is -1.22. The highest BCUT2D eigenvalue weighted by molar-refractivity contribution is 5.18. The fourth-order valence-electron chi connectivity index (χ4n) is 8.21. The van der Waals surface area contributed by atoms with E-state index >= 15 is 0 Å². The van der Waals surface area contributed by atoms with Crippen LogP contribution in [-0.2, 0) is 87.0 Å². The first-order chi connectivity index (χ1) is 32.6. The second-order valence-corrected chi connectivity index (χ2v) is 16.5. The van der Waals surface area contributed by atoms with Crippen LogP contribution >= 0.6 is 0 Å². The van der Waals surface area contributed by atoms with Gasteiger partial charge in [-0.2, -0.15) is 0 Å². The first-order valence-corrected chi connectivity index (χ1v) is 22.6. The SMILES string of the molecule is CO[C@@H]1O[C@H](COCc2ccccc2)[C@@H](O[C@@H]2O[C@H](COCc3ccccc3)[C@H](OCc3ccccc3)[C@H](O)[C@H]2OCc2ccccc2)[C@H](OCc2ccccc2)[C@H]1OCc1ccccc1. The van der Waals surface area contributed by atoms with Crippen LogP contribution in [0.15, 0.2) is 182 Å². The van der Waals surface area contributed by atoms with E-state index < -0.39 is 61.4 Å². The summed E-state index contributed by atoms with van der Waals surface area (Å²) in [6.07, 6.45) is -9.18. The van der Waals surface area contributed by atoms with Crippen LogP contribution in [0.1, 0.15) is 33.4 Å². The molecule has 66 heavy (non-hydrogen) atoms. The molecule has 0 aromatic heterocycles. The van der Waals surface area contributed by atoms with Crippen LogP contribution in [0.5, 0.6) is 0 Å². The van der Waals surface area contributed by atoms with Crippen LogP contribution in [0.25, 0.3) is 0 Å². The fourth-order valence-corrected chi connectivity index (χ4v) is 8.21. The Bertz CT molecular complexity index is 2220. The Labute approximate surface area is 388 Å². The van der Waals surface area contributed by atoms with Crippen molar-refractivity contribution in [2.24, 2.45) is 0 Å². The summed E-state index contributed by atoms with van der Waals surface area (Å²) in [7, 11) is 1.59. The molecule has 11 nitrogen and oxygen atoms in total. The quantitative estimate of drug-likeness (QED) is 0.0668. The van der Waals surface area contributed by atoms with Gasteiger partial charge in [0, 0.05) is 7.11 Å². The van der Waals surface area contributed by atoms with Crippen molar-refractivity contribution in [2.75, 3.05) is 20.3 Å². The molecule has 0 amide bonds.